The molecular formula is C20H23N3O4. The van der Waals surface area contributed by atoms with Crippen LogP contribution in [-0.2, 0) is 11.3 Å². The summed E-state index contributed by atoms with van der Waals surface area (Å²) in [7, 11) is 2.95. The maximum atomic E-state index is 11.6. The predicted octanol–water partition coefficient (Wildman–Crippen LogP) is 3.54. The van der Waals surface area contributed by atoms with Gasteiger partial charge in [-0.15, -0.1) is 0 Å². The molecule has 27 heavy (non-hydrogen) atoms. The molecule has 1 unspecified atom stereocenters. The van der Waals surface area contributed by atoms with Crippen molar-refractivity contribution < 1.29 is 19.0 Å². The van der Waals surface area contributed by atoms with Gasteiger partial charge in [-0.05, 0) is 31.2 Å². The molecule has 1 heterocycles. The first-order chi connectivity index (χ1) is 13.1. The highest BCUT2D eigenvalue weighted by molar-refractivity contribution is 5.76. The van der Waals surface area contributed by atoms with E-state index in [9.17, 15) is 4.79 Å². The zero-order valence-electron chi connectivity index (χ0n) is 15.6. The lowest BCUT2D eigenvalue weighted by Crippen LogP contribution is -2.29. The Morgan fingerprint density at radius 3 is 2.56 bits per heavy atom. The normalized spacial score (nSPS) is 11.8. The minimum atomic E-state index is -0.494. The first-order valence-electron chi connectivity index (χ1n) is 8.69. The van der Waals surface area contributed by atoms with Crippen LogP contribution < -0.4 is 14.8 Å². The van der Waals surface area contributed by atoms with Crippen LogP contribution in [0.4, 0.5) is 4.79 Å². The van der Waals surface area contributed by atoms with Crippen molar-refractivity contribution >= 4 is 17.1 Å². The molecule has 142 valence electrons. The molecule has 1 amide bonds. The van der Waals surface area contributed by atoms with E-state index in [1.165, 1.54) is 7.11 Å². The molecule has 7 heteroatoms. The number of para-hydroxylation sites is 4. The Kier molecular flexibility index (Phi) is 5.80. The van der Waals surface area contributed by atoms with E-state index < -0.39 is 6.09 Å². The summed E-state index contributed by atoms with van der Waals surface area (Å²) in [5.41, 5.74) is 1.85. The van der Waals surface area contributed by atoms with Crippen LogP contribution in [0, 0.1) is 0 Å². The summed E-state index contributed by atoms with van der Waals surface area (Å²) >= 11 is 0. The molecule has 7 nitrogen and oxygen atoms in total. The Morgan fingerprint density at radius 1 is 1.11 bits per heavy atom. The second-order valence-corrected chi connectivity index (χ2v) is 5.97. The van der Waals surface area contributed by atoms with Crippen molar-refractivity contribution in [3.63, 3.8) is 0 Å². The number of rotatable bonds is 7. The summed E-state index contributed by atoms with van der Waals surface area (Å²) in [6, 6.07) is 15.1. The number of carbonyl (C=O) groups is 1. The van der Waals surface area contributed by atoms with Gasteiger partial charge in [0.1, 0.15) is 12.4 Å². The standard InChI is InChI=1S/C20H23N3O4/c1-14(21-20(24)26-3)19-22-15-8-4-5-9-16(15)23(19)12-13-27-18-11-7-6-10-17(18)25-2/h4-11,14H,12-13H2,1-3H3,(H,21,24). The van der Waals surface area contributed by atoms with E-state index in [-0.39, 0.29) is 6.04 Å². The van der Waals surface area contributed by atoms with Gasteiger partial charge in [-0.25, -0.2) is 9.78 Å². The third-order valence-electron chi connectivity index (χ3n) is 4.23. The highest BCUT2D eigenvalue weighted by atomic mass is 16.5. The molecule has 0 radical (unpaired) electrons. The molecule has 0 saturated carbocycles. The number of imidazole rings is 1. The zero-order chi connectivity index (χ0) is 19.2. The van der Waals surface area contributed by atoms with Crippen LogP contribution in [0.3, 0.4) is 0 Å². The molecule has 1 N–H and O–H groups in total. The lowest BCUT2D eigenvalue weighted by atomic mass is 10.3. The van der Waals surface area contributed by atoms with Gasteiger partial charge in [-0.3, -0.25) is 0 Å². The number of aromatic nitrogens is 2. The van der Waals surface area contributed by atoms with Crippen LogP contribution in [0.2, 0.25) is 0 Å². The van der Waals surface area contributed by atoms with Crippen LogP contribution in [0.5, 0.6) is 11.5 Å². The Bertz CT molecular complexity index is 922. The highest BCUT2D eigenvalue weighted by Crippen LogP contribution is 2.26. The van der Waals surface area contributed by atoms with Gasteiger partial charge in [-0.1, -0.05) is 24.3 Å². The molecule has 0 aliphatic carbocycles. The van der Waals surface area contributed by atoms with Gasteiger partial charge >= 0.3 is 6.09 Å². The number of benzene rings is 2. The van der Waals surface area contributed by atoms with Crippen molar-refractivity contribution in [1.29, 1.82) is 0 Å². The largest absolute Gasteiger partial charge is 0.493 e. The first kappa shape index (κ1) is 18.6. The molecule has 2 aromatic carbocycles. The van der Waals surface area contributed by atoms with Crippen molar-refractivity contribution in [2.45, 2.75) is 19.5 Å². The van der Waals surface area contributed by atoms with Gasteiger partial charge in [0.2, 0.25) is 0 Å². The molecule has 0 aliphatic heterocycles. The van der Waals surface area contributed by atoms with Gasteiger partial charge in [0, 0.05) is 0 Å². The average Bonchev–Trinajstić information content (AvgIpc) is 3.07. The Hall–Kier alpha value is -3.22. The molecule has 1 atom stereocenters. The maximum Gasteiger partial charge on any atom is 0.407 e. The molecular weight excluding hydrogens is 346 g/mol. The van der Waals surface area contributed by atoms with E-state index in [4.69, 9.17) is 14.2 Å². The van der Waals surface area contributed by atoms with Gasteiger partial charge in [0.15, 0.2) is 11.5 Å². The second kappa shape index (κ2) is 8.44. The molecule has 3 aromatic rings. The monoisotopic (exact) mass is 369 g/mol. The van der Waals surface area contributed by atoms with Crippen LogP contribution in [-0.4, -0.2) is 36.5 Å². The predicted molar refractivity (Wildman–Crippen MR) is 102 cm³/mol. The number of methoxy groups -OCH3 is 2. The zero-order valence-corrected chi connectivity index (χ0v) is 15.6. The van der Waals surface area contributed by atoms with Crippen molar-refractivity contribution in [3.05, 3.63) is 54.4 Å². The van der Waals surface area contributed by atoms with Gasteiger partial charge in [-0.2, -0.15) is 0 Å². The quantitative estimate of drug-likeness (QED) is 0.689. The number of alkyl carbamates (subject to hydrolysis) is 1. The molecule has 0 spiro atoms. The van der Waals surface area contributed by atoms with Crippen LogP contribution in [0.15, 0.2) is 48.5 Å². The summed E-state index contributed by atoms with van der Waals surface area (Å²) in [4.78, 5) is 16.3. The summed E-state index contributed by atoms with van der Waals surface area (Å²) < 4.78 is 18.0. The lowest BCUT2D eigenvalue weighted by molar-refractivity contribution is 0.166. The molecule has 0 saturated heterocycles. The van der Waals surface area contributed by atoms with Crippen molar-refractivity contribution in [2.75, 3.05) is 20.8 Å². The van der Waals surface area contributed by atoms with Crippen LogP contribution in [0.25, 0.3) is 11.0 Å². The fourth-order valence-corrected chi connectivity index (χ4v) is 2.94. The topological polar surface area (TPSA) is 74.6 Å². The summed E-state index contributed by atoms with van der Waals surface area (Å²) in [5, 5.41) is 2.77. The smallest absolute Gasteiger partial charge is 0.407 e. The van der Waals surface area contributed by atoms with Crippen molar-refractivity contribution in [3.8, 4) is 11.5 Å². The van der Waals surface area contributed by atoms with Crippen LogP contribution in [0.1, 0.15) is 18.8 Å². The minimum absolute atomic E-state index is 0.309. The maximum absolute atomic E-state index is 11.6. The average molecular weight is 369 g/mol. The molecule has 1 aromatic heterocycles. The number of ether oxygens (including phenoxy) is 3. The second-order valence-electron chi connectivity index (χ2n) is 5.97. The Labute approximate surface area is 157 Å². The van der Waals surface area contributed by atoms with E-state index in [0.29, 0.717) is 24.7 Å². The van der Waals surface area contributed by atoms with E-state index in [2.05, 4.69) is 10.3 Å². The number of hydrogen-bond acceptors (Lipinski definition) is 5. The van der Waals surface area contributed by atoms with E-state index in [1.807, 2.05) is 60.0 Å². The number of nitrogens with zero attached hydrogens (tertiary/aromatic N) is 2. The number of amides is 1. The SMILES string of the molecule is COC(=O)NC(C)c1nc2ccccc2n1CCOc1ccccc1OC. The Balaban J connectivity index is 1.81. The fourth-order valence-electron chi connectivity index (χ4n) is 2.94. The third-order valence-corrected chi connectivity index (χ3v) is 4.23. The van der Waals surface area contributed by atoms with Gasteiger partial charge in [0.05, 0.1) is 37.8 Å². The van der Waals surface area contributed by atoms with E-state index >= 15 is 0 Å². The lowest BCUT2D eigenvalue weighted by Gasteiger charge is -2.16. The third kappa shape index (κ3) is 4.13. The van der Waals surface area contributed by atoms with Gasteiger partial charge in [0.25, 0.3) is 0 Å². The summed E-state index contributed by atoms with van der Waals surface area (Å²) in [6.07, 6.45) is -0.494. The Morgan fingerprint density at radius 2 is 1.81 bits per heavy atom. The molecule has 3 rings (SSSR count). The van der Waals surface area contributed by atoms with Gasteiger partial charge < -0.3 is 24.1 Å². The van der Waals surface area contributed by atoms with Crippen LogP contribution >= 0.6 is 0 Å². The molecule has 0 bridgehead atoms. The molecule has 0 fully saturated rings. The number of nitrogens with one attached hydrogen (secondary N) is 1. The fraction of sp³-hybridized carbons (Fsp3) is 0.300. The first-order valence-corrected chi connectivity index (χ1v) is 8.69. The number of carbonyl (C=O) groups excluding carboxylic acids is 1. The van der Waals surface area contributed by atoms with Crippen molar-refractivity contribution in [1.82, 2.24) is 14.9 Å². The van der Waals surface area contributed by atoms with E-state index in [1.54, 1.807) is 7.11 Å². The van der Waals surface area contributed by atoms with E-state index in [0.717, 1.165) is 16.9 Å². The number of hydrogen-bond donors (Lipinski definition) is 1. The summed E-state index contributed by atoms with van der Waals surface area (Å²) in [6.45, 7) is 2.87. The molecule has 0 aliphatic rings. The summed E-state index contributed by atoms with van der Waals surface area (Å²) in [5.74, 6) is 2.12. The number of fused-ring (bicyclic) bond motifs is 1. The highest BCUT2D eigenvalue weighted by Gasteiger charge is 2.18. The van der Waals surface area contributed by atoms with Crippen molar-refractivity contribution in [2.24, 2.45) is 0 Å². The minimum Gasteiger partial charge on any atom is -0.493 e.